The number of carbonyl (C=O) groups is 2. The van der Waals surface area contributed by atoms with Gasteiger partial charge < -0.3 is 19.8 Å². The zero-order chi connectivity index (χ0) is 28.6. The predicted octanol–water partition coefficient (Wildman–Crippen LogP) is 4.48. The number of hydrogen-bond acceptors (Lipinski definition) is 6. The van der Waals surface area contributed by atoms with Gasteiger partial charge >= 0.3 is 6.09 Å². The van der Waals surface area contributed by atoms with Gasteiger partial charge in [0.1, 0.15) is 5.75 Å². The van der Waals surface area contributed by atoms with Gasteiger partial charge in [0.2, 0.25) is 10.0 Å². The standard InChI is InChI=1S/C29H34N2O7S/c1-20(2)38-27-18-24(15-16-25(27)28(33)30-39(3,36)37)22-13-11-21(12-14-22)8-7-17-31(29(34)35)19-26(32)23-9-5-4-6-10-23/h4-6,9-16,18,20,26,32H,7-8,17,19H2,1-3H3,(H,30,33)(H,34,35)/t26-/m0/s1. The summed E-state index contributed by atoms with van der Waals surface area (Å²) >= 11 is 0. The topological polar surface area (TPSA) is 133 Å². The smallest absolute Gasteiger partial charge is 0.407 e. The number of ether oxygens (including phenoxy) is 1. The molecule has 0 unspecified atom stereocenters. The highest BCUT2D eigenvalue weighted by molar-refractivity contribution is 7.89. The van der Waals surface area contributed by atoms with Crippen molar-refractivity contribution in [2.24, 2.45) is 0 Å². The van der Waals surface area contributed by atoms with Crippen LogP contribution in [0.2, 0.25) is 0 Å². The average molecular weight is 555 g/mol. The average Bonchev–Trinajstić information content (AvgIpc) is 2.87. The number of carbonyl (C=O) groups excluding carboxylic acids is 1. The first kappa shape index (κ1) is 29.7. The first-order valence-electron chi connectivity index (χ1n) is 12.6. The van der Waals surface area contributed by atoms with Crippen LogP contribution >= 0.6 is 0 Å². The second-order valence-corrected chi connectivity index (χ2v) is 11.3. The molecule has 0 aliphatic heterocycles. The fraction of sp³-hybridized carbons (Fsp3) is 0.310. The summed E-state index contributed by atoms with van der Waals surface area (Å²) in [6, 6.07) is 21.7. The van der Waals surface area contributed by atoms with E-state index < -0.39 is 28.1 Å². The molecule has 10 heteroatoms. The van der Waals surface area contributed by atoms with Crippen molar-refractivity contribution in [2.45, 2.75) is 38.9 Å². The predicted molar refractivity (Wildman–Crippen MR) is 149 cm³/mol. The van der Waals surface area contributed by atoms with Gasteiger partial charge in [-0.3, -0.25) is 4.79 Å². The van der Waals surface area contributed by atoms with Crippen molar-refractivity contribution in [1.29, 1.82) is 0 Å². The lowest BCUT2D eigenvalue weighted by atomic mass is 10.00. The Labute approximate surface area is 229 Å². The number of benzene rings is 3. The Morgan fingerprint density at radius 2 is 1.62 bits per heavy atom. The molecule has 0 radical (unpaired) electrons. The lowest BCUT2D eigenvalue weighted by Gasteiger charge is -2.22. The Kier molecular flexibility index (Phi) is 10.1. The van der Waals surface area contributed by atoms with Crippen molar-refractivity contribution in [2.75, 3.05) is 19.3 Å². The van der Waals surface area contributed by atoms with Gasteiger partial charge in [0, 0.05) is 6.54 Å². The molecule has 3 aromatic carbocycles. The van der Waals surface area contributed by atoms with Gasteiger partial charge in [-0.2, -0.15) is 0 Å². The van der Waals surface area contributed by atoms with E-state index in [0.29, 0.717) is 18.4 Å². The number of aryl methyl sites for hydroxylation is 1. The molecule has 0 fully saturated rings. The maximum Gasteiger partial charge on any atom is 0.407 e. The lowest BCUT2D eigenvalue weighted by molar-refractivity contribution is 0.0961. The van der Waals surface area contributed by atoms with Crippen molar-refractivity contribution in [3.8, 4) is 16.9 Å². The van der Waals surface area contributed by atoms with Crippen LogP contribution in [0.1, 0.15) is 47.9 Å². The molecular formula is C29H34N2O7S. The summed E-state index contributed by atoms with van der Waals surface area (Å²) in [6.07, 6.45) is -0.0477. The maximum absolute atomic E-state index is 12.5. The molecule has 0 aliphatic rings. The number of aliphatic hydroxyl groups is 1. The van der Waals surface area contributed by atoms with Gasteiger partial charge in [-0.1, -0.05) is 60.7 Å². The van der Waals surface area contributed by atoms with Crippen LogP contribution in [0.5, 0.6) is 5.75 Å². The van der Waals surface area contributed by atoms with Crippen molar-refractivity contribution < 1.29 is 33.0 Å². The molecule has 0 bridgehead atoms. The van der Waals surface area contributed by atoms with Crippen LogP contribution in [-0.4, -0.2) is 61.0 Å². The van der Waals surface area contributed by atoms with E-state index in [9.17, 15) is 28.2 Å². The second-order valence-electron chi connectivity index (χ2n) is 9.54. The summed E-state index contributed by atoms with van der Waals surface area (Å²) in [7, 11) is -3.72. The molecule has 0 heterocycles. The largest absolute Gasteiger partial charge is 0.490 e. The molecule has 2 amide bonds. The molecule has 0 saturated heterocycles. The van der Waals surface area contributed by atoms with Crippen molar-refractivity contribution in [3.05, 3.63) is 89.5 Å². The van der Waals surface area contributed by atoms with Gasteiger partial charge in [-0.05, 0) is 61.1 Å². The third-order valence-corrected chi connectivity index (χ3v) is 6.45. The minimum absolute atomic E-state index is 0.00271. The Balaban J connectivity index is 1.65. The zero-order valence-corrected chi connectivity index (χ0v) is 23.0. The van der Waals surface area contributed by atoms with Crippen LogP contribution < -0.4 is 9.46 Å². The highest BCUT2D eigenvalue weighted by Crippen LogP contribution is 2.29. The molecular weight excluding hydrogens is 520 g/mol. The van der Waals surface area contributed by atoms with Crippen LogP contribution in [0.3, 0.4) is 0 Å². The fourth-order valence-electron chi connectivity index (χ4n) is 4.06. The SMILES string of the molecule is CC(C)Oc1cc(-c2ccc(CCCN(C[C@H](O)c3ccccc3)C(=O)O)cc2)ccc1C(=O)NS(C)(=O)=O. The number of carboxylic acid groups (broad SMARTS) is 1. The number of hydrogen-bond donors (Lipinski definition) is 3. The molecule has 39 heavy (non-hydrogen) atoms. The molecule has 0 saturated carbocycles. The molecule has 208 valence electrons. The van der Waals surface area contributed by atoms with Crippen LogP contribution in [0.4, 0.5) is 4.79 Å². The molecule has 0 aliphatic carbocycles. The van der Waals surface area contributed by atoms with E-state index >= 15 is 0 Å². The van der Waals surface area contributed by atoms with E-state index in [1.807, 2.05) is 48.9 Å². The minimum atomic E-state index is -3.72. The second kappa shape index (κ2) is 13.3. The van der Waals surface area contributed by atoms with Crippen LogP contribution in [0.25, 0.3) is 11.1 Å². The number of aliphatic hydroxyl groups excluding tert-OH is 1. The summed E-state index contributed by atoms with van der Waals surface area (Å²) < 4.78 is 30.8. The van der Waals surface area contributed by atoms with Crippen LogP contribution in [0.15, 0.2) is 72.8 Å². The van der Waals surface area contributed by atoms with Gasteiger partial charge in [-0.15, -0.1) is 0 Å². The normalized spacial score (nSPS) is 12.1. The van der Waals surface area contributed by atoms with Crippen molar-refractivity contribution in [3.63, 3.8) is 0 Å². The van der Waals surface area contributed by atoms with E-state index in [-0.39, 0.29) is 30.5 Å². The molecule has 1 atom stereocenters. The summed E-state index contributed by atoms with van der Waals surface area (Å²) in [6.45, 7) is 3.91. The highest BCUT2D eigenvalue weighted by atomic mass is 32.2. The van der Waals surface area contributed by atoms with E-state index in [1.165, 1.54) is 11.0 Å². The summed E-state index contributed by atoms with van der Waals surface area (Å²) in [5.74, 6) is -0.485. The molecule has 3 N–H and O–H groups in total. The monoisotopic (exact) mass is 554 g/mol. The summed E-state index contributed by atoms with van der Waals surface area (Å²) in [4.78, 5) is 25.4. The first-order chi connectivity index (χ1) is 18.4. The molecule has 3 rings (SSSR count). The van der Waals surface area contributed by atoms with Crippen molar-refractivity contribution >= 4 is 22.0 Å². The lowest BCUT2D eigenvalue weighted by Crippen LogP contribution is -2.34. The Bertz CT molecular complexity index is 1370. The Hall–Kier alpha value is -3.89. The van der Waals surface area contributed by atoms with E-state index in [4.69, 9.17) is 4.74 Å². The first-order valence-corrected chi connectivity index (χ1v) is 14.4. The third-order valence-electron chi connectivity index (χ3n) is 5.90. The van der Waals surface area contributed by atoms with E-state index in [2.05, 4.69) is 0 Å². The van der Waals surface area contributed by atoms with Gasteiger partial charge in [-0.25, -0.2) is 17.9 Å². The molecule has 3 aromatic rings. The zero-order valence-electron chi connectivity index (χ0n) is 22.2. The van der Waals surface area contributed by atoms with Gasteiger partial charge in [0.15, 0.2) is 0 Å². The number of rotatable bonds is 12. The van der Waals surface area contributed by atoms with Crippen LogP contribution in [0, 0.1) is 0 Å². The molecule has 9 nitrogen and oxygen atoms in total. The Morgan fingerprint density at radius 1 is 0.974 bits per heavy atom. The number of sulfonamides is 1. The Morgan fingerprint density at radius 3 is 2.21 bits per heavy atom. The number of nitrogens with zero attached hydrogens (tertiary/aromatic N) is 1. The van der Waals surface area contributed by atoms with Gasteiger partial charge in [0.25, 0.3) is 5.91 Å². The molecule has 0 spiro atoms. The van der Waals surface area contributed by atoms with Crippen molar-refractivity contribution in [1.82, 2.24) is 9.62 Å². The summed E-state index contributed by atoms with van der Waals surface area (Å²) in [5, 5.41) is 20.0. The fourth-order valence-corrected chi connectivity index (χ4v) is 4.50. The van der Waals surface area contributed by atoms with Gasteiger partial charge in [0.05, 0.1) is 30.6 Å². The van der Waals surface area contributed by atoms with E-state index in [0.717, 1.165) is 22.9 Å². The molecule has 0 aromatic heterocycles. The quantitative estimate of drug-likeness (QED) is 0.301. The third kappa shape index (κ3) is 9.12. The number of nitrogens with one attached hydrogen (secondary N) is 1. The highest BCUT2D eigenvalue weighted by Gasteiger charge is 2.19. The van der Waals surface area contributed by atoms with E-state index in [1.54, 1.807) is 36.4 Å². The number of amides is 2. The minimum Gasteiger partial charge on any atom is -0.490 e. The maximum atomic E-state index is 12.5. The van der Waals surface area contributed by atoms with Crippen LogP contribution in [-0.2, 0) is 16.4 Å². The summed E-state index contributed by atoms with van der Waals surface area (Å²) in [5.41, 5.74) is 3.48.